The van der Waals surface area contributed by atoms with Crippen molar-refractivity contribution < 1.29 is 26.1 Å². The van der Waals surface area contributed by atoms with Gasteiger partial charge in [-0.2, -0.15) is 13.2 Å². The van der Waals surface area contributed by atoms with Gasteiger partial charge in [-0.05, 0) is 12.1 Å². The molecule has 3 nitrogen and oxygen atoms in total. The molecule has 0 aromatic heterocycles. The van der Waals surface area contributed by atoms with Gasteiger partial charge in [-0.25, -0.2) is 8.42 Å². The van der Waals surface area contributed by atoms with E-state index in [4.69, 9.17) is 0 Å². The van der Waals surface area contributed by atoms with Gasteiger partial charge in [-0.1, -0.05) is 12.1 Å². The van der Waals surface area contributed by atoms with Crippen LogP contribution < -0.4 is 0 Å². The van der Waals surface area contributed by atoms with Gasteiger partial charge < -0.3 is 4.55 Å². The highest BCUT2D eigenvalue weighted by Gasteiger charge is 2.34. The number of benzene rings is 1. The fourth-order valence-electron chi connectivity index (χ4n) is 0.919. The highest BCUT2D eigenvalue weighted by atomic mass is 32.2. The summed E-state index contributed by atoms with van der Waals surface area (Å²) in [4.78, 5) is -1.24. The Morgan fingerprint density at radius 2 is 1.64 bits per heavy atom. The van der Waals surface area contributed by atoms with Gasteiger partial charge in [0.2, 0.25) is 0 Å². The Morgan fingerprint density at radius 1 is 1.14 bits per heavy atom. The maximum absolute atomic E-state index is 12.2. The molecule has 0 unspecified atom stereocenters. The van der Waals surface area contributed by atoms with E-state index in [1.165, 1.54) is 0 Å². The van der Waals surface area contributed by atoms with E-state index >= 15 is 0 Å². The minimum absolute atomic E-state index is 0.546. The molecule has 0 aliphatic heterocycles. The molecule has 0 heterocycles. The lowest BCUT2D eigenvalue weighted by Gasteiger charge is -2.14. The molecule has 78 valence electrons. The second-order valence-electron chi connectivity index (χ2n) is 2.45. The molecule has 0 saturated heterocycles. The minimum atomic E-state index is -5.09. The van der Waals surface area contributed by atoms with Crippen LogP contribution in [0, 0.1) is 0 Å². The Morgan fingerprint density at radius 3 is 2.00 bits per heavy atom. The molecule has 1 aromatic carbocycles. The molecular weight excluding hydrogens is 221 g/mol. The van der Waals surface area contributed by atoms with E-state index in [2.05, 4.69) is 0 Å². The van der Waals surface area contributed by atoms with Gasteiger partial charge >= 0.3 is 6.18 Å². The van der Waals surface area contributed by atoms with Crippen molar-refractivity contribution in [1.82, 2.24) is 0 Å². The van der Waals surface area contributed by atoms with Gasteiger partial charge in [0.25, 0.3) is 0 Å². The Labute approximate surface area is 77.9 Å². The van der Waals surface area contributed by atoms with E-state index in [9.17, 15) is 26.1 Å². The third-order valence-electron chi connectivity index (χ3n) is 1.46. The van der Waals surface area contributed by atoms with Crippen molar-refractivity contribution in [3.63, 3.8) is 0 Å². The molecule has 0 aliphatic rings. The molecule has 0 amide bonds. The number of halogens is 3. The smallest absolute Gasteiger partial charge is 0.417 e. The molecule has 0 aliphatic carbocycles. The summed E-state index contributed by atoms with van der Waals surface area (Å²) in [5.41, 5.74) is -1.44. The van der Waals surface area contributed by atoms with E-state index in [0.717, 1.165) is 12.1 Å². The molecule has 0 spiro atoms. The zero-order valence-corrected chi connectivity index (χ0v) is 7.39. The fraction of sp³-hybridized carbons (Fsp3) is 0.143. The molecule has 1 aromatic rings. The molecule has 0 atom stereocenters. The predicted molar refractivity (Wildman–Crippen MR) is 39.4 cm³/mol. The summed E-state index contributed by atoms with van der Waals surface area (Å²) in [5, 5.41) is 0. The Kier molecular flexibility index (Phi) is 2.55. The molecule has 7 heteroatoms. The van der Waals surface area contributed by atoms with Crippen LogP contribution in [0.15, 0.2) is 29.2 Å². The molecule has 0 radical (unpaired) electrons. The summed E-state index contributed by atoms with van der Waals surface area (Å²) in [7, 11) is -5.09. The Balaban J connectivity index is 3.47. The monoisotopic (exact) mass is 225 g/mol. The van der Waals surface area contributed by atoms with Crippen LogP contribution in [-0.4, -0.2) is 13.0 Å². The summed E-state index contributed by atoms with van der Waals surface area (Å²) < 4.78 is 67.9. The first kappa shape index (κ1) is 11.0. The van der Waals surface area contributed by atoms with Crippen LogP contribution in [0.4, 0.5) is 13.2 Å². The molecule has 0 fully saturated rings. The summed E-state index contributed by atoms with van der Waals surface area (Å²) in [6, 6.07) is 3.24. The van der Waals surface area contributed by atoms with Crippen molar-refractivity contribution in [1.29, 1.82) is 0 Å². The van der Waals surface area contributed by atoms with Gasteiger partial charge in [0.1, 0.15) is 10.1 Å². The van der Waals surface area contributed by atoms with E-state index in [0.29, 0.717) is 12.1 Å². The second-order valence-corrected chi connectivity index (χ2v) is 3.80. The first-order chi connectivity index (χ1) is 6.23. The van der Waals surface area contributed by atoms with Crippen LogP contribution in [0.5, 0.6) is 0 Å². The van der Waals surface area contributed by atoms with Crippen LogP contribution >= 0.6 is 0 Å². The van der Waals surface area contributed by atoms with Crippen LogP contribution in [0.2, 0.25) is 0 Å². The number of alkyl halides is 3. The number of hydrogen-bond donors (Lipinski definition) is 0. The van der Waals surface area contributed by atoms with Crippen molar-refractivity contribution >= 4 is 10.1 Å². The second kappa shape index (κ2) is 3.25. The van der Waals surface area contributed by atoms with Crippen LogP contribution in [0.1, 0.15) is 5.56 Å². The topological polar surface area (TPSA) is 57.2 Å². The normalized spacial score (nSPS) is 12.9. The summed E-state index contributed by atoms with van der Waals surface area (Å²) in [5.74, 6) is 0. The Hall–Kier alpha value is -1.08. The molecule has 14 heavy (non-hydrogen) atoms. The van der Waals surface area contributed by atoms with E-state index < -0.39 is 26.8 Å². The van der Waals surface area contributed by atoms with Gasteiger partial charge in [0.05, 0.1) is 10.5 Å². The Bertz CT molecular complexity index is 436. The van der Waals surface area contributed by atoms with E-state index in [-0.39, 0.29) is 0 Å². The molecule has 0 N–H and O–H groups in total. The zero-order valence-electron chi connectivity index (χ0n) is 6.58. The van der Waals surface area contributed by atoms with Crippen molar-refractivity contribution in [2.75, 3.05) is 0 Å². The molecule has 0 bridgehead atoms. The molecular formula is C7H4F3O3S-. The van der Waals surface area contributed by atoms with Gasteiger partial charge in [0.15, 0.2) is 0 Å². The molecule has 0 saturated carbocycles. The third kappa shape index (κ3) is 2.24. The van der Waals surface area contributed by atoms with Gasteiger partial charge in [-0.3, -0.25) is 0 Å². The standard InChI is InChI=1S/C7H5F3O3S/c8-7(9,10)5-3-1-2-4-6(5)14(11,12)13/h1-4H,(H,11,12,13)/p-1. The van der Waals surface area contributed by atoms with Crippen LogP contribution in [0.25, 0.3) is 0 Å². The fourth-order valence-corrected chi connectivity index (χ4v) is 1.62. The summed E-state index contributed by atoms with van der Waals surface area (Å²) in [6.45, 7) is 0. The highest BCUT2D eigenvalue weighted by molar-refractivity contribution is 7.85. The quantitative estimate of drug-likeness (QED) is 0.682. The lowest BCUT2D eigenvalue weighted by molar-refractivity contribution is -0.140. The lowest BCUT2D eigenvalue weighted by Crippen LogP contribution is -2.12. The largest absolute Gasteiger partial charge is 0.744 e. The molecule has 1 rings (SSSR count). The third-order valence-corrected chi connectivity index (χ3v) is 2.36. The van der Waals surface area contributed by atoms with Gasteiger partial charge in [0, 0.05) is 0 Å². The SMILES string of the molecule is O=S(=O)([O-])c1ccccc1C(F)(F)F. The zero-order chi connectivity index (χ0) is 11.0. The van der Waals surface area contributed by atoms with Crippen molar-refractivity contribution in [2.24, 2.45) is 0 Å². The summed E-state index contributed by atoms with van der Waals surface area (Å²) in [6.07, 6.45) is -4.84. The van der Waals surface area contributed by atoms with Crippen LogP contribution in [0.3, 0.4) is 0 Å². The van der Waals surface area contributed by atoms with E-state index in [1.807, 2.05) is 0 Å². The first-order valence-electron chi connectivity index (χ1n) is 3.35. The minimum Gasteiger partial charge on any atom is -0.744 e. The number of hydrogen-bond acceptors (Lipinski definition) is 3. The average Bonchev–Trinajstić information content (AvgIpc) is 2.01. The predicted octanol–water partition coefficient (Wildman–Crippen LogP) is 1.61. The summed E-state index contributed by atoms with van der Waals surface area (Å²) >= 11 is 0. The van der Waals surface area contributed by atoms with Crippen molar-refractivity contribution in [3.05, 3.63) is 29.8 Å². The van der Waals surface area contributed by atoms with Crippen molar-refractivity contribution in [3.8, 4) is 0 Å². The van der Waals surface area contributed by atoms with Crippen LogP contribution in [-0.2, 0) is 16.3 Å². The first-order valence-corrected chi connectivity index (χ1v) is 4.76. The van der Waals surface area contributed by atoms with Gasteiger partial charge in [-0.15, -0.1) is 0 Å². The maximum Gasteiger partial charge on any atom is 0.417 e. The van der Waals surface area contributed by atoms with Crippen molar-refractivity contribution in [2.45, 2.75) is 11.1 Å². The van der Waals surface area contributed by atoms with E-state index in [1.54, 1.807) is 0 Å². The lowest BCUT2D eigenvalue weighted by atomic mass is 10.2. The highest BCUT2D eigenvalue weighted by Crippen LogP contribution is 2.33. The number of rotatable bonds is 1. The maximum atomic E-state index is 12.2. The average molecular weight is 225 g/mol.